The Morgan fingerprint density at radius 3 is 2.95 bits per heavy atom. The van der Waals surface area contributed by atoms with Crippen LogP contribution in [0.2, 0.25) is 0 Å². The molecule has 1 saturated heterocycles. The molecule has 1 aromatic rings. The molecule has 1 aliphatic heterocycles. The summed E-state index contributed by atoms with van der Waals surface area (Å²) in [6.07, 6.45) is 1.96. The fourth-order valence-corrected chi connectivity index (χ4v) is 5.05. The van der Waals surface area contributed by atoms with Crippen molar-refractivity contribution in [1.82, 2.24) is 4.31 Å². The van der Waals surface area contributed by atoms with Gasteiger partial charge in [0.05, 0.1) is 11.0 Å². The van der Waals surface area contributed by atoms with Crippen molar-refractivity contribution in [3.05, 3.63) is 16.3 Å². The Balaban J connectivity index is 2.20. The molecule has 19 heavy (non-hydrogen) atoms. The number of thiophene rings is 1. The Morgan fingerprint density at radius 2 is 2.37 bits per heavy atom. The summed E-state index contributed by atoms with van der Waals surface area (Å²) in [5.74, 6) is 0. The largest absolute Gasteiger partial charge is 0.377 e. The van der Waals surface area contributed by atoms with E-state index >= 15 is 0 Å². The minimum atomic E-state index is -3.45. The zero-order valence-corrected chi connectivity index (χ0v) is 12.7. The zero-order chi connectivity index (χ0) is 13.9. The van der Waals surface area contributed by atoms with Gasteiger partial charge in [-0.2, -0.15) is 4.31 Å². The maximum absolute atomic E-state index is 12.6. The van der Waals surface area contributed by atoms with E-state index in [9.17, 15) is 8.42 Å². The minimum absolute atomic E-state index is 0.0229. The monoisotopic (exact) mass is 304 g/mol. The van der Waals surface area contributed by atoms with Crippen molar-refractivity contribution < 1.29 is 13.2 Å². The molecule has 1 aliphatic rings. The molecule has 0 saturated carbocycles. The summed E-state index contributed by atoms with van der Waals surface area (Å²) in [6, 6.07) is 1.64. The number of sulfonamides is 1. The third-order valence-corrected chi connectivity index (χ3v) is 6.39. The predicted molar refractivity (Wildman–Crippen MR) is 75.6 cm³/mol. The van der Waals surface area contributed by atoms with Crippen LogP contribution in [0.15, 0.2) is 16.3 Å². The van der Waals surface area contributed by atoms with Gasteiger partial charge in [-0.1, -0.05) is 6.92 Å². The highest BCUT2D eigenvalue weighted by atomic mass is 32.2. The van der Waals surface area contributed by atoms with Crippen molar-refractivity contribution in [1.29, 1.82) is 0 Å². The SMILES string of the molecule is CCN(CC1CCCO1)S(=O)(=O)c1ccsc1CN. The topological polar surface area (TPSA) is 72.6 Å². The number of likely N-dealkylation sites (N-methyl/N-ethyl adjacent to an activating group) is 1. The predicted octanol–water partition coefficient (Wildman–Crippen LogP) is 1.40. The van der Waals surface area contributed by atoms with Gasteiger partial charge in [0, 0.05) is 31.1 Å². The summed E-state index contributed by atoms with van der Waals surface area (Å²) in [5.41, 5.74) is 5.60. The van der Waals surface area contributed by atoms with Gasteiger partial charge >= 0.3 is 0 Å². The first-order valence-corrected chi connectivity index (χ1v) is 8.79. The van der Waals surface area contributed by atoms with Gasteiger partial charge in [0.2, 0.25) is 10.0 Å². The van der Waals surface area contributed by atoms with Crippen molar-refractivity contribution in [2.24, 2.45) is 5.73 Å². The number of hydrogen-bond acceptors (Lipinski definition) is 5. The van der Waals surface area contributed by atoms with Crippen molar-refractivity contribution in [2.75, 3.05) is 19.7 Å². The van der Waals surface area contributed by atoms with Crippen LogP contribution in [-0.2, 0) is 21.3 Å². The first-order valence-electron chi connectivity index (χ1n) is 6.47. The number of hydrogen-bond donors (Lipinski definition) is 1. The van der Waals surface area contributed by atoms with Crippen LogP contribution < -0.4 is 5.73 Å². The molecule has 0 bridgehead atoms. The average Bonchev–Trinajstić information content (AvgIpc) is 3.06. The van der Waals surface area contributed by atoms with E-state index in [1.165, 1.54) is 15.6 Å². The molecule has 2 rings (SSSR count). The van der Waals surface area contributed by atoms with E-state index in [4.69, 9.17) is 10.5 Å². The van der Waals surface area contributed by atoms with Gasteiger partial charge in [-0.05, 0) is 24.3 Å². The normalized spacial score (nSPS) is 20.3. The molecule has 2 heterocycles. The average molecular weight is 304 g/mol. The van der Waals surface area contributed by atoms with Gasteiger partial charge in [0.15, 0.2) is 0 Å². The van der Waals surface area contributed by atoms with Gasteiger partial charge in [-0.15, -0.1) is 11.3 Å². The molecule has 0 amide bonds. The zero-order valence-electron chi connectivity index (χ0n) is 11.0. The Labute approximate surface area is 118 Å². The third-order valence-electron chi connectivity index (χ3n) is 3.29. The van der Waals surface area contributed by atoms with E-state index in [1.54, 1.807) is 11.4 Å². The van der Waals surface area contributed by atoms with Gasteiger partial charge in [0.1, 0.15) is 0 Å². The highest BCUT2D eigenvalue weighted by Crippen LogP contribution is 2.26. The van der Waals surface area contributed by atoms with Crippen molar-refractivity contribution >= 4 is 21.4 Å². The van der Waals surface area contributed by atoms with Gasteiger partial charge in [0.25, 0.3) is 0 Å². The molecule has 1 unspecified atom stereocenters. The lowest BCUT2D eigenvalue weighted by molar-refractivity contribution is 0.0947. The van der Waals surface area contributed by atoms with Gasteiger partial charge < -0.3 is 10.5 Å². The van der Waals surface area contributed by atoms with Gasteiger partial charge in [-0.3, -0.25) is 0 Å². The van der Waals surface area contributed by atoms with E-state index in [-0.39, 0.29) is 12.6 Å². The van der Waals surface area contributed by atoms with Crippen LogP contribution in [0.5, 0.6) is 0 Å². The smallest absolute Gasteiger partial charge is 0.244 e. The molecule has 0 aliphatic carbocycles. The molecule has 7 heteroatoms. The molecule has 1 fully saturated rings. The summed E-state index contributed by atoms with van der Waals surface area (Å²) >= 11 is 1.38. The summed E-state index contributed by atoms with van der Waals surface area (Å²) in [7, 11) is -3.45. The molecular formula is C12H20N2O3S2. The molecule has 1 atom stereocenters. The molecule has 2 N–H and O–H groups in total. The van der Waals surface area contributed by atoms with Gasteiger partial charge in [-0.25, -0.2) is 8.42 Å². The summed E-state index contributed by atoms with van der Waals surface area (Å²) < 4.78 is 32.2. The second kappa shape index (κ2) is 6.32. The third kappa shape index (κ3) is 3.17. The first kappa shape index (κ1) is 14.9. The van der Waals surface area contributed by atoms with Crippen LogP contribution in [0.25, 0.3) is 0 Å². The second-order valence-corrected chi connectivity index (χ2v) is 7.41. The number of ether oxygens (including phenoxy) is 1. The molecule has 0 aromatic carbocycles. The Bertz CT molecular complexity index is 507. The first-order chi connectivity index (χ1) is 9.09. The fraction of sp³-hybridized carbons (Fsp3) is 0.667. The van der Waals surface area contributed by atoms with Crippen LogP contribution in [0.1, 0.15) is 24.6 Å². The van der Waals surface area contributed by atoms with E-state index in [0.29, 0.717) is 22.9 Å². The van der Waals surface area contributed by atoms with Crippen molar-refractivity contribution in [3.63, 3.8) is 0 Å². The van der Waals surface area contributed by atoms with E-state index < -0.39 is 10.0 Å². The number of rotatable bonds is 6. The Kier molecular flexibility index (Phi) is 4.97. The molecule has 0 spiro atoms. The lowest BCUT2D eigenvalue weighted by atomic mass is 10.2. The lowest BCUT2D eigenvalue weighted by Gasteiger charge is -2.23. The lowest BCUT2D eigenvalue weighted by Crippen LogP contribution is -2.37. The van der Waals surface area contributed by atoms with E-state index in [1.807, 2.05) is 6.92 Å². The Morgan fingerprint density at radius 1 is 1.58 bits per heavy atom. The van der Waals surface area contributed by atoms with E-state index in [0.717, 1.165) is 19.4 Å². The summed E-state index contributed by atoms with van der Waals surface area (Å²) in [5, 5.41) is 1.77. The standard InChI is InChI=1S/C12H20N2O3S2/c1-2-14(9-10-4-3-6-17-10)19(15,16)12-5-7-18-11(12)8-13/h5,7,10H,2-4,6,8-9,13H2,1H3. The van der Waals surface area contributed by atoms with Crippen LogP contribution in [0, 0.1) is 0 Å². The molecule has 0 radical (unpaired) electrons. The van der Waals surface area contributed by atoms with Crippen LogP contribution in [-0.4, -0.2) is 38.5 Å². The molecule has 1 aromatic heterocycles. The highest BCUT2D eigenvalue weighted by molar-refractivity contribution is 7.89. The Hall–Kier alpha value is -0.470. The number of nitrogens with zero attached hydrogens (tertiary/aromatic N) is 1. The molecular weight excluding hydrogens is 284 g/mol. The summed E-state index contributed by atoms with van der Waals surface area (Å²) in [6.45, 7) is 3.71. The molecule has 108 valence electrons. The van der Waals surface area contributed by atoms with Crippen LogP contribution >= 0.6 is 11.3 Å². The fourth-order valence-electron chi connectivity index (χ4n) is 2.26. The van der Waals surface area contributed by atoms with Crippen molar-refractivity contribution in [2.45, 2.75) is 37.3 Å². The summed E-state index contributed by atoms with van der Waals surface area (Å²) in [4.78, 5) is 1.06. The number of nitrogens with two attached hydrogens (primary N) is 1. The maximum Gasteiger partial charge on any atom is 0.244 e. The van der Waals surface area contributed by atoms with Crippen molar-refractivity contribution in [3.8, 4) is 0 Å². The minimum Gasteiger partial charge on any atom is -0.377 e. The van der Waals surface area contributed by atoms with Crippen LogP contribution in [0.3, 0.4) is 0 Å². The highest BCUT2D eigenvalue weighted by Gasteiger charge is 2.29. The molecule has 5 nitrogen and oxygen atoms in total. The second-order valence-electron chi connectivity index (χ2n) is 4.50. The van der Waals surface area contributed by atoms with E-state index in [2.05, 4.69) is 0 Å². The quantitative estimate of drug-likeness (QED) is 0.862. The maximum atomic E-state index is 12.6. The van der Waals surface area contributed by atoms with Crippen LogP contribution in [0.4, 0.5) is 0 Å².